The van der Waals surface area contributed by atoms with Gasteiger partial charge in [0.05, 0.1) is 12.0 Å². The molecular formula is C12H9BrO3S. The fraction of sp³-hybridized carbons (Fsp3) is 0.0833. The number of carboxylic acid groups (broad SMARTS) is 1. The summed E-state index contributed by atoms with van der Waals surface area (Å²) in [7, 11) is 0. The number of hydrogen-bond donors (Lipinski definition) is 1. The molecule has 0 bridgehead atoms. The molecule has 1 aromatic heterocycles. The highest BCUT2D eigenvalue weighted by atomic mass is 79.9. The third-order valence-corrected chi connectivity index (χ3v) is 3.63. The molecule has 0 unspecified atom stereocenters. The standard InChI is InChI=1S/C12H9BrO3S/c13-8-2-1-3-9(6-8)17-7-11-10(12(14)15)4-5-16-11/h1-6H,7H2,(H,14,15). The van der Waals surface area contributed by atoms with E-state index in [-0.39, 0.29) is 5.56 Å². The molecule has 17 heavy (non-hydrogen) atoms. The normalized spacial score (nSPS) is 10.4. The van der Waals surface area contributed by atoms with E-state index in [1.165, 1.54) is 24.1 Å². The summed E-state index contributed by atoms with van der Waals surface area (Å²) in [6.07, 6.45) is 1.40. The number of carbonyl (C=O) groups is 1. The molecule has 2 rings (SSSR count). The van der Waals surface area contributed by atoms with E-state index in [1.54, 1.807) is 0 Å². The number of halogens is 1. The summed E-state index contributed by atoms with van der Waals surface area (Å²) in [5.74, 6) is 0.0384. The third kappa shape index (κ3) is 3.14. The first-order valence-corrected chi connectivity index (χ1v) is 6.62. The Hall–Kier alpha value is -1.20. The lowest BCUT2D eigenvalue weighted by atomic mass is 10.3. The van der Waals surface area contributed by atoms with Crippen molar-refractivity contribution < 1.29 is 14.3 Å². The Labute approximate surface area is 111 Å². The molecule has 0 aliphatic rings. The van der Waals surface area contributed by atoms with Gasteiger partial charge >= 0.3 is 5.97 Å². The minimum atomic E-state index is -0.955. The Kier molecular flexibility index (Phi) is 3.91. The maximum absolute atomic E-state index is 10.9. The molecule has 0 saturated carbocycles. The number of carboxylic acids is 1. The zero-order valence-electron chi connectivity index (χ0n) is 8.72. The number of thioether (sulfide) groups is 1. The van der Waals surface area contributed by atoms with Crippen LogP contribution in [0.15, 0.2) is 50.4 Å². The average Bonchev–Trinajstić information content (AvgIpc) is 2.74. The van der Waals surface area contributed by atoms with Crippen molar-refractivity contribution in [1.29, 1.82) is 0 Å². The van der Waals surface area contributed by atoms with Gasteiger partial charge in [-0.2, -0.15) is 0 Å². The summed E-state index contributed by atoms with van der Waals surface area (Å²) in [4.78, 5) is 11.9. The van der Waals surface area contributed by atoms with Crippen LogP contribution in [0, 0.1) is 0 Å². The fourth-order valence-electron chi connectivity index (χ4n) is 1.35. The lowest BCUT2D eigenvalue weighted by Gasteiger charge is -2.01. The van der Waals surface area contributed by atoms with Gasteiger partial charge in [0.2, 0.25) is 0 Å². The van der Waals surface area contributed by atoms with Crippen molar-refractivity contribution in [2.45, 2.75) is 10.6 Å². The molecule has 5 heteroatoms. The van der Waals surface area contributed by atoms with E-state index < -0.39 is 5.97 Å². The fourth-order valence-corrected chi connectivity index (χ4v) is 2.81. The maximum atomic E-state index is 10.9. The van der Waals surface area contributed by atoms with E-state index >= 15 is 0 Å². The number of aromatic carboxylic acids is 1. The zero-order valence-corrected chi connectivity index (χ0v) is 11.1. The molecular weight excluding hydrogens is 304 g/mol. The SMILES string of the molecule is O=C(O)c1ccoc1CSc1cccc(Br)c1. The van der Waals surface area contributed by atoms with Gasteiger partial charge in [-0.05, 0) is 24.3 Å². The lowest BCUT2D eigenvalue weighted by Crippen LogP contribution is -1.97. The predicted octanol–water partition coefficient (Wildman–Crippen LogP) is 4.03. The maximum Gasteiger partial charge on any atom is 0.339 e. The van der Waals surface area contributed by atoms with Gasteiger partial charge in [0.25, 0.3) is 0 Å². The molecule has 0 fully saturated rings. The van der Waals surface area contributed by atoms with Crippen molar-refractivity contribution in [3.05, 3.63) is 52.4 Å². The van der Waals surface area contributed by atoms with Gasteiger partial charge in [-0.3, -0.25) is 0 Å². The van der Waals surface area contributed by atoms with Crippen LogP contribution >= 0.6 is 27.7 Å². The Morgan fingerprint density at radius 2 is 2.24 bits per heavy atom. The number of furan rings is 1. The highest BCUT2D eigenvalue weighted by Crippen LogP contribution is 2.27. The highest BCUT2D eigenvalue weighted by Gasteiger charge is 2.13. The van der Waals surface area contributed by atoms with Gasteiger partial charge in [0.15, 0.2) is 0 Å². The van der Waals surface area contributed by atoms with Crippen LogP contribution in [0.3, 0.4) is 0 Å². The minimum absolute atomic E-state index is 0.229. The van der Waals surface area contributed by atoms with Crippen LogP contribution in [0.2, 0.25) is 0 Å². The van der Waals surface area contributed by atoms with Crippen LogP contribution < -0.4 is 0 Å². The van der Waals surface area contributed by atoms with E-state index in [1.807, 2.05) is 24.3 Å². The van der Waals surface area contributed by atoms with Crippen molar-refractivity contribution in [1.82, 2.24) is 0 Å². The quantitative estimate of drug-likeness (QED) is 0.866. The van der Waals surface area contributed by atoms with Crippen LogP contribution in [-0.4, -0.2) is 11.1 Å². The molecule has 1 heterocycles. The van der Waals surface area contributed by atoms with Gasteiger partial charge < -0.3 is 9.52 Å². The van der Waals surface area contributed by atoms with Gasteiger partial charge in [-0.25, -0.2) is 4.79 Å². The topological polar surface area (TPSA) is 50.4 Å². The molecule has 0 atom stereocenters. The number of benzene rings is 1. The summed E-state index contributed by atoms with van der Waals surface area (Å²) in [6.45, 7) is 0. The van der Waals surface area contributed by atoms with E-state index in [4.69, 9.17) is 9.52 Å². The Bertz CT molecular complexity index is 536. The molecule has 1 N–H and O–H groups in total. The first-order valence-electron chi connectivity index (χ1n) is 4.85. The van der Waals surface area contributed by atoms with Crippen molar-refractivity contribution >= 4 is 33.7 Å². The van der Waals surface area contributed by atoms with Gasteiger partial charge in [-0.1, -0.05) is 22.0 Å². The predicted molar refractivity (Wildman–Crippen MR) is 69.4 cm³/mol. The van der Waals surface area contributed by atoms with Crippen molar-refractivity contribution in [2.75, 3.05) is 0 Å². The second-order valence-corrected chi connectivity index (χ2v) is 5.27. The van der Waals surface area contributed by atoms with Gasteiger partial charge in [0.1, 0.15) is 11.3 Å². The van der Waals surface area contributed by atoms with Crippen LogP contribution in [0.4, 0.5) is 0 Å². The lowest BCUT2D eigenvalue weighted by molar-refractivity contribution is 0.0695. The second-order valence-electron chi connectivity index (χ2n) is 3.31. The molecule has 0 radical (unpaired) electrons. The van der Waals surface area contributed by atoms with Crippen LogP contribution in [0.1, 0.15) is 16.1 Å². The van der Waals surface area contributed by atoms with Crippen LogP contribution in [-0.2, 0) is 5.75 Å². The molecule has 2 aromatic rings. The molecule has 0 aliphatic carbocycles. The molecule has 0 saturated heterocycles. The molecule has 88 valence electrons. The molecule has 0 amide bonds. The van der Waals surface area contributed by atoms with E-state index in [2.05, 4.69) is 15.9 Å². The third-order valence-electron chi connectivity index (χ3n) is 2.14. The van der Waals surface area contributed by atoms with Crippen LogP contribution in [0.5, 0.6) is 0 Å². The monoisotopic (exact) mass is 312 g/mol. The molecule has 0 spiro atoms. The minimum Gasteiger partial charge on any atom is -0.478 e. The van der Waals surface area contributed by atoms with Crippen molar-refractivity contribution in [2.24, 2.45) is 0 Å². The summed E-state index contributed by atoms with van der Waals surface area (Å²) in [5.41, 5.74) is 0.229. The van der Waals surface area contributed by atoms with Gasteiger partial charge in [-0.15, -0.1) is 11.8 Å². The highest BCUT2D eigenvalue weighted by molar-refractivity contribution is 9.10. The largest absolute Gasteiger partial charge is 0.478 e. The van der Waals surface area contributed by atoms with Crippen molar-refractivity contribution in [3.63, 3.8) is 0 Å². The van der Waals surface area contributed by atoms with E-state index in [9.17, 15) is 4.79 Å². The summed E-state index contributed by atoms with van der Waals surface area (Å²) in [6, 6.07) is 9.30. The van der Waals surface area contributed by atoms with Crippen LogP contribution in [0.25, 0.3) is 0 Å². The Morgan fingerprint density at radius 3 is 2.94 bits per heavy atom. The van der Waals surface area contributed by atoms with Gasteiger partial charge in [0, 0.05) is 9.37 Å². The molecule has 0 aliphatic heterocycles. The summed E-state index contributed by atoms with van der Waals surface area (Å²) < 4.78 is 6.16. The average molecular weight is 313 g/mol. The Balaban J connectivity index is 2.07. The van der Waals surface area contributed by atoms with E-state index in [0.29, 0.717) is 11.5 Å². The second kappa shape index (κ2) is 5.42. The zero-order chi connectivity index (χ0) is 12.3. The number of hydrogen-bond acceptors (Lipinski definition) is 3. The summed E-state index contributed by atoms with van der Waals surface area (Å²) >= 11 is 4.92. The first kappa shape index (κ1) is 12.3. The molecule has 3 nitrogen and oxygen atoms in total. The van der Waals surface area contributed by atoms with E-state index in [0.717, 1.165) is 9.37 Å². The summed E-state index contributed by atoms with van der Waals surface area (Å²) in [5, 5.41) is 8.92. The molecule has 1 aromatic carbocycles. The Morgan fingerprint density at radius 1 is 1.41 bits per heavy atom. The number of rotatable bonds is 4. The van der Waals surface area contributed by atoms with Crippen molar-refractivity contribution in [3.8, 4) is 0 Å². The smallest absolute Gasteiger partial charge is 0.339 e. The first-order chi connectivity index (χ1) is 8.16.